The Balaban J connectivity index is 1.59. The Morgan fingerprint density at radius 2 is 1.82 bits per heavy atom. The van der Waals surface area contributed by atoms with Crippen molar-refractivity contribution in [3.63, 3.8) is 0 Å². The van der Waals surface area contributed by atoms with Gasteiger partial charge in [0, 0.05) is 38.7 Å². The van der Waals surface area contributed by atoms with Crippen molar-refractivity contribution in [1.29, 1.82) is 0 Å². The van der Waals surface area contributed by atoms with Gasteiger partial charge in [0.15, 0.2) is 0 Å². The highest BCUT2D eigenvalue weighted by Gasteiger charge is 2.22. The number of ether oxygens (including phenoxy) is 1. The van der Waals surface area contributed by atoms with Crippen molar-refractivity contribution in [1.82, 2.24) is 4.90 Å². The molecule has 3 rings (SSSR count). The maximum absolute atomic E-state index is 12.8. The van der Waals surface area contributed by atoms with Crippen molar-refractivity contribution in [3.05, 3.63) is 59.7 Å². The molecule has 0 saturated carbocycles. The van der Waals surface area contributed by atoms with Gasteiger partial charge in [0.05, 0.1) is 7.11 Å². The summed E-state index contributed by atoms with van der Waals surface area (Å²) >= 11 is 0. The van der Waals surface area contributed by atoms with Gasteiger partial charge in [-0.1, -0.05) is 36.4 Å². The zero-order valence-corrected chi connectivity index (χ0v) is 16.7. The molecule has 0 saturated heterocycles. The number of anilines is 1. The lowest BCUT2D eigenvalue weighted by molar-refractivity contribution is -0.129. The molecule has 2 amide bonds. The van der Waals surface area contributed by atoms with Crippen LogP contribution in [0.5, 0.6) is 5.75 Å². The highest BCUT2D eigenvalue weighted by molar-refractivity contribution is 5.94. The first-order valence-electron chi connectivity index (χ1n) is 9.86. The van der Waals surface area contributed by atoms with Crippen molar-refractivity contribution >= 4 is 17.5 Å². The zero-order valence-electron chi connectivity index (χ0n) is 16.7. The van der Waals surface area contributed by atoms with Gasteiger partial charge in [-0.05, 0) is 42.5 Å². The van der Waals surface area contributed by atoms with Crippen LogP contribution in [0.25, 0.3) is 0 Å². The average Bonchev–Trinajstić information content (AvgIpc) is 2.73. The van der Waals surface area contributed by atoms with Crippen LogP contribution in [-0.4, -0.2) is 43.5 Å². The lowest BCUT2D eigenvalue weighted by atomic mass is 10.0. The van der Waals surface area contributed by atoms with Gasteiger partial charge in [0.1, 0.15) is 5.75 Å². The average molecular weight is 380 g/mol. The maximum atomic E-state index is 12.8. The van der Waals surface area contributed by atoms with Crippen LogP contribution >= 0.6 is 0 Å². The molecule has 5 nitrogen and oxygen atoms in total. The second kappa shape index (κ2) is 9.40. The fraction of sp³-hybridized carbons (Fsp3) is 0.391. The molecule has 0 N–H and O–H groups in total. The summed E-state index contributed by atoms with van der Waals surface area (Å²) < 4.78 is 5.38. The molecule has 0 radical (unpaired) electrons. The second-order valence-corrected chi connectivity index (χ2v) is 7.10. The third kappa shape index (κ3) is 4.71. The van der Waals surface area contributed by atoms with E-state index in [2.05, 4.69) is 6.07 Å². The minimum atomic E-state index is -0.0123. The molecule has 1 heterocycles. The van der Waals surface area contributed by atoms with Crippen LogP contribution in [-0.2, 0) is 22.4 Å². The number of aryl methyl sites for hydroxylation is 1. The Kier molecular flexibility index (Phi) is 6.69. The predicted molar refractivity (Wildman–Crippen MR) is 111 cm³/mol. The van der Waals surface area contributed by atoms with Gasteiger partial charge in [0.25, 0.3) is 0 Å². The number of fused-ring (bicyclic) bond motifs is 1. The Hall–Kier alpha value is -2.82. The van der Waals surface area contributed by atoms with Crippen LogP contribution in [0.3, 0.4) is 0 Å². The van der Waals surface area contributed by atoms with Gasteiger partial charge >= 0.3 is 0 Å². The van der Waals surface area contributed by atoms with E-state index >= 15 is 0 Å². The van der Waals surface area contributed by atoms with Gasteiger partial charge in [-0.25, -0.2) is 0 Å². The van der Waals surface area contributed by atoms with E-state index < -0.39 is 0 Å². The molecule has 0 atom stereocenters. The van der Waals surface area contributed by atoms with Crippen molar-refractivity contribution in [2.24, 2.45) is 0 Å². The third-order valence-corrected chi connectivity index (χ3v) is 5.30. The van der Waals surface area contributed by atoms with Crippen molar-refractivity contribution < 1.29 is 14.3 Å². The summed E-state index contributed by atoms with van der Waals surface area (Å²) in [5, 5.41) is 0. The Morgan fingerprint density at radius 3 is 2.61 bits per heavy atom. The standard InChI is InChI=1S/C23H28N2O3/c1-18(26)24(16-13-20-9-4-6-12-22(20)28-2)17-14-23(27)25-15-7-10-19-8-3-5-11-21(19)25/h3-6,8-9,11-12H,7,10,13-17H2,1-2H3. The molecular weight excluding hydrogens is 352 g/mol. The minimum absolute atomic E-state index is 0.0123. The number of benzene rings is 2. The van der Waals surface area contributed by atoms with Crippen molar-refractivity contribution in [2.75, 3.05) is 31.6 Å². The molecule has 0 unspecified atom stereocenters. The molecule has 1 aliphatic rings. The quantitative estimate of drug-likeness (QED) is 0.739. The van der Waals surface area contributed by atoms with E-state index in [-0.39, 0.29) is 11.8 Å². The number of rotatable bonds is 7. The van der Waals surface area contributed by atoms with Gasteiger partial charge in [-0.3, -0.25) is 9.59 Å². The first kappa shape index (κ1) is 19.9. The molecule has 2 aromatic carbocycles. The van der Waals surface area contributed by atoms with E-state index in [1.807, 2.05) is 47.4 Å². The van der Waals surface area contributed by atoms with Gasteiger partial charge < -0.3 is 14.5 Å². The van der Waals surface area contributed by atoms with Crippen LogP contribution < -0.4 is 9.64 Å². The van der Waals surface area contributed by atoms with Crippen LogP contribution in [0.1, 0.15) is 30.9 Å². The highest BCUT2D eigenvalue weighted by Crippen LogP contribution is 2.27. The summed E-state index contributed by atoms with van der Waals surface area (Å²) in [7, 11) is 1.65. The van der Waals surface area contributed by atoms with Crippen LogP contribution in [0.15, 0.2) is 48.5 Å². The first-order valence-corrected chi connectivity index (χ1v) is 9.86. The Morgan fingerprint density at radius 1 is 1.07 bits per heavy atom. The van der Waals surface area contributed by atoms with E-state index in [4.69, 9.17) is 4.74 Å². The molecular formula is C23H28N2O3. The van der Waals surface area contributed by atoms with E-state index in [0.29, 0.717) is 25.9 Å². The topological polar surface area (TPSA) is 49.9 Å². The van der Waals surface area contributed by atoms with Crippen LogP contribution in [0, 0.1) is 0 Å². The SMILES string of the molecule is COc1ccccc1CCN(CCC(=O)N1CCCc2ccccc21)C(C)=O. The molecule has 148 valence electrons. The van der Waals surface area contributed by atoms with Crippen LogP contribution in [0.2, 0.25) is 0 Å². The van der Waals surface area contributed by atoms with Gasteiger partial charge in [0.2, 0.25) is 11.8 Å². The summed E-state index contributed by atoms with van der Waals surface area (Å²) in [4.78, 5) is 28.5. The van der Waals surface area contributed by atoms with E-state index in [1.54, 1.807) is 18.9 Å². The molecule has 1 aliphatic heterocycles. The normalized spacial score (nSPS) is 13.0. The van der Waals surface area contributed by atoms with Crippen molar-refractivity contribution in [3.8, 4) is 5.75 Å². The first-order chi connectivity index (χ1) is 13.6. The summed E-state index contributed by atoms with van der Waals surface area (Å²) in [5.74, 6) is 0.893. The number of hydrogen-bond donors (Lipinski definition) is 0. The van der Waals surface area contributed by atoms with Crippen LogP contribution in [0.4, 0.5) is 5.69 Å². The Labute approximate surface area is 166 Å². The molecule has 28 heavy (non-hydrogen) atoms. The summed E-state index contributed by atoms with van der Waals surface area (Å²) in [6, 6.07) is 15.9. The number of carbonyl (C=O) groups is 2. The predicted octanol–water partition coefficient (Wildman–Crippen LogP) is 3.46. The molecule has 0 aliphatic carbocycles. The van der Waals surface area contributed by atoms with Gasteiger partial charge in [-0.15, -0.1) is 0 Å². The maximum Gasteiger partial charge on any atom is 0.228 e. The fourth-order valence-corrected chi connectivity index (χ4v) is 3.75. The molecule has 0 bridgehead atoms. The monoisotopic (exact) mass is 380 g/mol. The van der Waals surface area contributed by atoms with E-state index in [0.717, 1.165) is 36.4 Å². The second-order valence-electron chi connectivity index (χ2n) is 7.10. The molecule has 0 spiro atoms. The highest BCUT2D eigenvalue weighted by atomic mass is 16.5. The number of methoxy groups -OCH3 is 1. The number of nitrogens with zero attached hydrogens (tertiary/aromatic N) is 2. The van der Waals surface area contributed by atoms with Gasteiger partial charge in [-0.2, -0.15) is 0 Å². The zero-order chi connectivity index (χ0) is 19.9. The number of carbonyl (C=O) groups excluding carboxylic acids is 2. The molecule has 0 aromatic heterocycles. The fourth-order valence-electron chi connectivity index (χ4n) is 3.75. The van der Waals surface area contributed by atoms with Crippen molar-refractivity contribution in [2.45, 2.75) is 32.6 Å². The number of para-hydroxylation sites is 2. The smallest absolute Gasteiger partial charge is 0.228 e. The lowest BCUT2D eigenvalue weighted by Crippen LogP contribution is -2.39. The molecule has 5 heteroatoms. The number of hydrogen-bond acceptors (Lipinski definition) is 3. The molecule has 2 aromatic rings. The molecule has 0 fully saturated rings. The summed E-state index contributed by atoms with van der Waals surface area (Å²) in [6.07, 6.45) is 3.02. The Bertz CT molecular complexity index is 834. The minimum Gasteiger partial charge on any atom is -0.496 e. The third-order valence-electron chi connectivity index (χ3n) is 5.30. The summed E-state index contributed by atoms with van der Waals surface area (Å²) in [5.41, 5.74) is 3.30. The van der Waals surface area contributed by atoms with E-state index in [1.165, 1.54) is 5.56 Å². The summed E-state index contributed by atoms with van der Waals surface area (Å²) in [6.45, 7) is 3.31. The number of amides is 2. The van der Waals surface area contributed by atoms with E-state index in [9.17, 15) is 9.59 Å². The lowest BCUT2D eigenvalue weighted by Gasteiger charge is -2.30. The largest absolute Gasteiger partial charge is 0.496 e.